The molecule has 6 heteroatoms. The zero-order chi connectivity index (χ0) is 16.2. The first-order valence-corrected chi connectivity index (χ1v) is 9.74. The largest absolute Gasteiger partial charge is 0.337 e. The quantitative estimate of drug-likeness (QED) is 0.848. The number of carbonyl (C=O) groups excluding carboxylic acids is 1. The predicted molar refractivity (Wildman–Crippen MR) is 93.9 cm³/mol. The van der Waals surface area contributed by atoms with E-state index in [0.29, 0.717) is 11.7 Å². The average molecular weight is 334 g/mol. The van der Waals surface area contributed by atoms with Gasteiger partial charge in [0.2, 0.25) is 0 Å². The van der Waals surface area contributed by atoms with Gasteiger partial charge in [0.05, 0.1) is 0 Å². The third-order valence-electron chi connectivity index (χ3n) is 4.72. The second-order valence-corrected chi connectivity index (χ2v) is 7.85. The number of hydrogen-bond donors (Lipinski definition) is 0. The fourth-order valence-electron chi connectivity index (χ4n) is 3.31. The molecule has 2 fully saturated rings. The summed E-state index contributed by atoms with van der Waals surface area (Å²) in [7, 11) is 0. The first-order valence-electron chi connectivity index (χ1n) is 8.59. The molecule has 2 aliphatic rings. The predicted octanol–water partition coefficient (Wildman–Crippen LogP) is 2.25. The van der Waals surface area contributed by atoms with E-state index in [1.54, 1.807) is 12.3 Å². The highest BCUT2D eigenvalue weighted by molar-refractivity contribution is 7.99. The van der Waals surface area contributed by atoms with Crippen molar-refractivity contribution in [3.05, 3.63) is 23.8 Å². The van der Waals surface area contributed by atoms with Crippen molar-refractivity contribution >= 4 is 17.7 Å². The van der Waals surface area contributed by atoms with E-state index in [0.717, 1.165) is 31.8 Å². The summed E-state index contributed by atoms with van der Waals surface area (Å²) >= 11 is 2.05. The zero-order valence-electron chi connectivity index (χ0n) is 14.1. The Morgan fingerprint density at radius 1 is 1.22 bits per heavy atom. The van der Waals surface area contributed by atoms with Gasteiger partial charge in [-0.25, -0.2) is 9.97 Å². The van der Waals surface area contributed by atoms with Crippen LogP contribution >= 0.6 is 11.8 Å². The Balaban J connectivity index is 1.58. The third kappa shape index (κ3) is 4.04. The molecule has 126 valence electrons. The lowest BCUT2D eigenvalue weighted by atomic mass is 10.0. The number of likely N-dealkylation sites (tertiary alicyclic amines) is 1. The molecule has 0 N–H and O–H groups in total. The van der Waals surface area contributed by atoms with E-state index in [1.807, 2.05) is 30.5 Å². The van der Waals surface area contributed by atoms with Crippen LogP contribution in [-0.4, -0.2) is 69.4 Å². The molecular weight excluding hydrogens is 308 g/mol. The Bertz CT molecular complexity index is 537. The second-order valence-electron chi connectivity index (χ2n) is 6.63. The minimum atomic E-state index is 0.0574. The Morgan fingerprint density at radius 2 is 1.91 bits per heavy atom. The van der Waals surface area contributed by atoms with Gasteiger partial charge in [0, 0.05) is 55.8 Å². The monoisotopic (exact) mass is 334 g/mol. The highest BCUT2D eigenvalue weighted by Gasteiger charge is 2.28. The SMILES string of the molecule is CC(C)c1nccc(C(=O)N2CCC(N3CCSCC3)CC2)n1. The van der Waals surface area contributed by atoms with Gasteiger partial charge in [-0.3, -0.25) is 9.69 Å². The molecule has 0 spiro atoms. The van der Waals surface area contributed by atoms with Gasteiger partial charge < -0.3 is 4.90 Å². The van der Waals surface area contributed by atoms with Crippen LogP contribution in [0.2, 0.25) is 0 Å². The first kappa shape index (κ1) is 16.7. The number of nitrogens with zero attached hydrogens (tertiary/aromatic N) is 4. The topological polar surface area (TPSA) is 49.3 Å². The molecule has 0 radical (unpaired) electrons. The first-order chi connectivity index (χ1) is 11.1. The van der Waals surface area contributed by atoms with E-state index in [4.69, 9.17) is 0 Å². The maximum Gasteiger partial charge on any atom is 0.272 e. The maximum absolute atomic E-state index is 12.7. The zero-order valence-corrected chi connectivity index (χ0v) is 14.9. The van der Waals surface area contributed by atoms with Crippen molar-refractivity contribution < 1.29 is 4.79 Å². The lowest BCUT2D eigenvalue weighted by Crippen LogP contribution is -2.49. The van der Waals surface area contributed by atoms with E-state index >= 15 is 0 Å². The molecule has 2 aliphatic heterocycles. The molecule has 5 nitrogen and oxygen atoms in total. The third-order valence-corrected chi connectivity index (χ3v) is 5.67. The van der Waals surface area contributed by atoms with Crippen LogP contribution in [0.25, 0.3) is 0 Å². The highest BCUT2D eigenvalue weighted by atomic mass is 32.2. The maximum atomic E-state index is 12.7. The van der Waals surface area contributed by atoms with Crippen molar-refractivity contribution in [3.8, 4) is 0 Å². The van der Waals surface area contributed by atoms with Crippen LogP contribution in [0.5, 0.6) is 0 Å². The van der Waals surface area contributed by atoms with Gasteiger partial charge in [-0.2, -0.15) is 11.8 Å². The van der Waals surface area contributed by atoms with Gasteiger partial charge in [-0.15, -0.1) is 0 Å². The number of piperidine rings is 1. The smallest absolute Gasteiger partial charge is 0.272 e. The van der Waals surface area contributed by atoms with E-state index in [-0.39, 0.29) is 11.8 Å². The summed E-state index contributed by atoms with van der Waals surface area (Å²) in [5, 5.41) is 0. The standard InChI is InChI=1S/C17H26N4OS/c1-13(2)16-18-6-3-15(19-16)17(22)21-7-4-14(5-8-21)20-9-11-23-12-10-20/h3,6,13-14H,4-5,7-12H2,1-2H3. The molecule has 23 heavy (non-hydrogen) atoms. The summed E-state index contributed by atoms with van der Waals surface area (Å²) in [6, 6.07) is 2.39. The summed E-state index contributed by atoms with van der Waals surface area (Å²) < 4.78 is 0. The molecule has 0 saturated carbocycles. The number of aromatic nitrogens is 2. The van der Waals surface area contributed by atoms with E-state index in [2.05, 4.69) is 14.9 Å². The lowest BCUT2D eigenvalue weighted by Gasteiger charge is -2.40. The second kappa shape index (κ2) is 7.62. The van der Waals surface area contributed by atoms with E-state index in [9.17, 15) is 4.79 Å². The molecule has 0 bridgehead atoms. The molecule has 1 aromatic rings. The lowest BCUT2D eigenvalue weighted by molar-refractivity contribution is 0.0625. The Labute approximate surface area is 142 Å². The van der Waals surface area contributed by atoms with Crippen molar-refractivity contribution in [2.24, 2.45) is 0 Å². The fraction of sp³-hybridized carbons (Fsp3) is 0.706. The van der Waals surface area contributed by atoms with Crippen LogP contribution in [-0.2, 0) is 0 Å². The summed E-state index contributed by atoms with van der Waals surface area (Å²) in [6.45, 7) is 8.18. The number of thioether (sulfide) groups is 1. The van der Waals surface area contributed by atoms with E-state index < -0.39 is 0 Å². The molecule has 1 aromatic heterocycles. The number of hydrogen-bond acceptors (Lipinski definition) is 5. The van der Waals surface area contributed by atoms with Gasteiger partial charge in [0.1, 0.15) is 11.5 Å². The molecule has 0 unspecified atom stereocenters. The van der Waals surface area contributed by atoms with Crippen molar-refractivity contribution in [2.75, 3.05) is 37.7 Å². The normalized spacial score (nSPS) is 20.9. The van der Waals surface area contributed by atoms with Crippen molar-refractivity contribution in [3.63, 3.8) is 0 Å². The molecule has 2 saturated heterocycles. The Morgan fingerprint density at radius 3 is 2.57 bits per heavy atom. The average Bonchev–Trinajstić information content (AvgIpc) is 2.62. The van der Waals surface area contributed by atoms with Crippen molar-refractivity contribution in [1.82, 2.24) is 19.8 Å². The summed E-state index contributed by atoms with van der Waals surface area (Å²) in [5.41, 5.74) is 0.538. The van der Waals surface area contributed by atoms with Gasteiger partial charge in [-0.1, -0.05) is 13.8 Å². The Kier molecular flexibility index (Phi) is 5.54. The molecule has 0 aliphatic carbocycles. The van der Waals surface area contributed by atoms with Crippen molar-refractivity contribution in [2.45, 2.75) is 38.6 Å². The van der Waals surface area contributed by atoms with Crippen LogP contribution in [0, 0.1) is 0 Å². The van der Waals surface area contributed by atoms with Gasteiger partial charge in [-0.05, 0) is 18.9 Å². The van der Waals surface area contributed by atoms with Gasteiger partial charge in [0.15, 0.2) is 0 Å². The minimum Gasteiger partial charge on any atom is -0.337 e. The molecule has 0 atom stereocenters. The van der Waals surface area contributed by atoms with Gasteiger partial charge >= 0.3 is 0 Å². The molecule has 0 aromatic carbocycles. The molecule has 3 rings (SSSR count). The fourth-order valence-corrected chi connectivity index (χ4v) is 4.24. The molecule has 1 amide bonds. The molecule has 3 heterocycles. The van der Waals surface area contributed by atoms with Crippen LogP contribution in [0.3, 0.4) is 0 Å². The van der Waals surface area contributed by atoms with Crippen molar-refractivity contribution in [1.29, 1.82) is 0 Å². The van der Waals surface area contributed by atoms with Crippen LogP contribution in [0.15, 0.2) is 12.3 Å². The van der Waals surface area contributed by atoms with Crippen LogP contribution in [0.4, 0.5) is 0 Å². The number of carbonyl (C=O) groups is 1. The number of rotatable bonds is 3. The van der Waals surface area contributed by atoms with Crippen LogP contribution in [0.1, 0.15) is 48.9 Å². The Hall–Kier alpha value is -1.14. The van der Waals surface area contributed by atoms with E-state index in [1.165, 1.54) is 24.6 Å². The summed E-state index contributed by atoms with van der Waals surface area (Å²) in [6.07, 6.45) is 3.87. The van der Waals surface area contributed by atoms with Crippen LogP contribution < -0.4 is 0 Å². The van der Waals surface area contributed by atoms with Gasteiger partial charge in [0.25, 0.3) is 5.91 Å². The number of amides is 1. The molecular formula is C17H26N4OS. The summed E-state index contributed by atoms with van der Waals surface area (Å²) in [4.78, 5) is 25.9. The summed E-state index contributed by atoms with van der Waals surface area (Å²) in [5.74, 6) is 3.54. The highest BCUT2D eigenvalue weighted by Crippen LogP contribution is 2.21. The minimum absolute atomic E-state index is 0.0574.